The highest BCUT2D eigenvalue weighted by atomic mass is 127. The fraction of sp³-hybridized carbons (Fsp3) is 0.706. The van der Waals surface area contributed by atoms with E-state index in [4.69, 9.17) is 10.5 Å². The van der Waals surface area contributed by atoms with Gasteiger partial charge in [0.05, 0.1) is 11.5 Å². The zero-order chi connectivity index (χ0) is 18.4. The molecular weight excluding hydrogens is 423 g/mol. The summed E-state index contributed by atoms with van der Waals surface area (Å²) >= 11 is 3.74. The van der Waals surface area contributed by atoms with Crippen molar-refractivity contribution in [1.29, 1.82) is 0 Å². The minimum atomic E-state index is -0.453. The van der Waals surface area contributed by atoms with E-state index in [-0.39, 0.29) is 6.09 Å². The van der Waals surface area contributed by atoms with E-state index in [1.54, 1.807) is 16.2 Å². The minimum Gasteiger partial charge on any atom is -0.444 e. The van der Waals surface area contributed by atoms with Crippen molar-refractivity contribution in [3.05, 3.63) is 16.0 Å². The van der Waals surface area contributed by atoms with Crippen molar-refractivity contribution in [2.45, 2.75) is 66.5 Å². The van der Waals surface area contributed by atoms with Gasteiger partial charge in [0.25, 0.3) is 0 Å². The highest BCUT2D eigenvalue weighted by Gasteiger charge is 2.31. The molecule has 1 unspecified atom stereocenters. The Labute approximate surface area is 158 Å². The molecule has 1 aliphatic heterocycles. The Kier molecular flexibility index (Phi) is 9.50. The summed E-state index contributed by atoms with van der Waals surface area (Å²) in [5.74, 6) is 0.310. The van der Waals surface area contributed by atoms with Crippen LogP contribution in [0.5, 0.6) is 0 Å². The number of ether oxygens (including phenoxy) is 1. The van der Waals surface area contributed by atoms with Crippen LogP contribution in [0.2, 0.25) is 0 Å². The van der Waals surface area contributed by atoms with Crippen molar-refractivity contribution in [1.82, 2.24) is 4.90 Å². The maximum absolute atomic E-state index is 12.1. The Morgan fingerprint density at radius 1 is 1.35 bits per heavy atom. The molecular formula is C17H31IN2O2S. The van der Waals surface area contributed by atoms with Gasteiger partial charge in [0.15, 0.2) is 0 Å². The molecule has 2 N–H and O–H groups in total. The summed E-state index contributed by atoms with van der Waals surface area (Å²) in [5, 5.41) is 0.864. The summed E-state index contributed by atoms with van der Waals surface area (Å²) in [7, 11) is 0. The van der Waals surface area contributed by atoms with Gasteiger partial charge >= 0.3 is 6.09 Å². The molecule has 0 aromatic carbocycles. The van der Waals surface area contributed by atoms with Gasteiger partial charge in [-0.2, -0.15) is 0 Å². The molecule has 0 spiro atoms. The van der Waals surface area contributed by atoms with Gasteiger partial charge in [-0.3, -0.25) is 0 Å². The largest absolute Gasteiger partial charge is 0.444 e. The molecule has 2 heterocycles. The number of carbonyl (C=O) groups is 1. The van der Waals surface area contributed by atoms with Crippen LogP contribution in [0, 0.1) is 6.92 Å². The molecule has 4 nitrogen and oxygen atoms in total. The topological polar surface area (TPSA) is 55.6 Å². The van der Waals surface area contributed by atoms with Gasteiger partial charge in [0, 0.05) is 17.3 Å². The van der Waals surface area contributed by atoms with Gasteiger partial charge < -0.3 is 15.4 Å². The second kappa shape index (κ2) is 9.71. The second-order valence-electron chi connectivity index (χ2n) is 6.19. The number of alkyl halides is 1. The summed E-state index contributed by atoms with van der Waals surface area (Å²) in [6.45, 7) is 15.2. The van der Waals surface area contributed by atoms with Gasteiger partial charge in [0.2, 0.25) is 0 Å². The van der Waals surface area contributed by atoms with Gasteiger partial charge in [-0.15, -0.1) is 11.3 Å². The van der Waals surface area contributed by atoms with Gasteiger partial charge in [-0.25, -0.2) is 4.79 Å². The molecule has 6 heteroatoms. The van der Waals surface area contributed by atoms with Crippen LogP contribution in [0.25, 0.3) is 0 Å². The third-order valence-electron chi connectivity index (χ3n) is 3.28. The van der Waals surface area contributed by atoms with Crippen LogP contribution in [0.3, 0.4) is 0 Å². The van der Waals surface area contributed by atoms with E-state index in [1.165, 1.54) is 16.0 Å². The molecule has 1 atom stereocenters. The molecule has 0 saturated carbocycles. The fourth-order valence-corrected chi connectivity index (χ4v) is 3.71. The predicted molar refractivity (Wildman–Crippen MR) is 110 cm³/mol. The Balaban J connectivity index is 0.00000112. The Morgan fingerprint density at radius 2 is 1.87 bits per heavy atom. The van der Waals surface area contributed by atoms with Crippen LogP contribution >= 0.6 is 33.9 Å². The van der Waals surface area contributed by atoms with E-state index in [1.807, 2.05) is 39.5 Å². The van der Waals surface area contributed by atoms with E-state index in [2.05, 4.69) is 36.4 Å². The first-order valence-electron chi connectivity index (χ1n) is 7.92. The highest BCUT2D eigenvalue weighted by Crippen LogP contribution is 2.39. The molecule has 0 radical (unpaired) electrons. The number of hydrogen-bond acceptors (Lipinski definition) is 4. The predicted octanol–water partition coefficient (Wildman–Crippen LogP) is 5.57. The summed E-state index contributed by atoms with van der Waals surface area (Å²) in [6, 6.07) is 0. The molecule has 1 aliphatic rings. The van der Waals surface area contributed by atoms with Crippen molar-refractivity contribution in [2.75, 3.05) is 17.2 Å². The third kappa shape index (κ3) is 6.14. The zero-order valence-corrected chi connectivity index (χ0v) is 18.6. The van der Waals surface area contributed by atoms with E-state index in [9.17, 15) is 4.79 Å². The average Bonchev–Trinajstić information content (AvgIpc) is 2.77. The number of carbonyl (C=O) groups excluding carboxylic acids is 1. The lowest BCUT2D eigenvalue weighted by molar-refractivity contribution is 0.0211. The normalized spacial score (nSPS) is 16.4. The summed E-state index contributed by atoms with van der Waals surface area (Å²) in [6.07, 6.45) is -0.241. The second-order valence-corrected chi connectivity index (χ2v) is 7.33. The number of fused-ring (bicyclic) bond motifs is 1. The van der Waals surface area contributed by atoms with E-state index in [0.717, 1.165) is 5.00 Å². The molecule has 134 valence electrons. The van der Waals surface area contributed by atoms with Gasteiger partial charge in [-0.1, -0.05) is 43.4 Å². The number of hydrogen-bond donors (Lipinski definition) is 1. The first-order chi connectivity index (χ1) is 10.7. The SMILES string of the molecule is CC.CI.Cc1c(N)sc2c1C(C)CN(C(=O)OC(C)(C)C)C2. The molecule has 0 bridgehead atoms. The van der Waals surface area contributed by atoms with E-state index >= 15 is 0 Å². The number of thiophene rings is 1. The Bertz CT molecular complexity index is 509. The average molecular weight is 454 g/mol. The number of rotatable bonds is 0. The first-order valence-corrected chi connectivity index (χ1v) is 10.9. The van der Waals surface area contributed by atoms with Crippen molar-refractivity contribution >= 4 is 45.0 Å². The number of amides is 1. The smallest absolute Gasteiger partial charge is 0.410 e. The number of nitrogen functional groups attached to an aromatic ring is 1. The van der Waals surface area contributed by atoms with Crippen LogP contribution in [0.1, 0.15) is 63.5 Å². The lowest BCUT2D eigenvalue weighted by Crippen LogP contribution is -2.40. The monoisotopic (exact) mass is 454 g/mol. The standard InChI is InChI=1S/C14H22N2O2S.C2H6.CH3I/c1-8-6-16(13(17)18-14(3,4)5)7-10-11(8)9(2)12(15)19-10;2*1-2/h8H,6-7,15H2,1-5H3;1-2H3;1H3. The van der Waals surface area contributed by atoms with Crippen molar-refractivity contribution in [2.24, 2.45) is 0 Å². The third-order valence-corrected chi connectivity index (χ3v) is 4.40. The molecule has 1 aromatic rings. The number of anilines is 1. The molecule has 0 aliphatic carbocycles. The summed E-state index contributed by atoms with van der Waals surface area (Å²) in [4.78, 5) is 17.1. The van der Waals surface area contributed by atoms with Crippen LogP contribution in [-0.4, -0.2) is 28.1 Å². The van der Waals surface area contributed by atoms with Crippen LogP contribution < -0.4 is 5.73 Å². The highest BCUT2D eigenvalue weighted by molar-refractivity contribution is 14.1. The molecule has 23 heavy (non-hydrogen) atoms. The number of halogens is 1. The van der Waals surface area contributed by atoms with Crippen LogP contribution in [0.4, 0.5) is 9.80 Å². The van der Waals surface area contributed by atoms with E-state index in [0.29, 0.717) is 19.0 Å². The molecule has 0 saturated heterocycles. The Hall–Kier alpha value is -0.500. The van der Waals surface area contributed by atoms with Crippen molar-refractivity contribution < 1.29 is 9.53 Å². The number of nitrogens with two attached hydrogens (primary N) is 1. The summed E-state index contributed by atoms with van der Waals surface area (Å²) < 4.78 is 5.44. The Morgan fingerprint density at radius 3 is 2.35 bits per heavy atom. The molecule has 1 aromatic heterocycles. The van der Waals surface area contributed by atoms with Crippen molar-refractivity contribution in [3.8, 4) is 0 Å². The van der Waals surface area contributed by atoms with Gasteiger partial charge in [0.1, 0.15) is 5.60 Å². The molecule has 2 rings (SSSR count). The first kappa shape index (κ1) is 22.5. The van der Waals surface area contributed by atoms with E-state index < -0.39 is 5.60 Å². The van der Waals surface area contributed by atoms with Crippen molar-refractivity contribution in [3.63, 3.8) is 0 Å². The summed E-state index contributed by atoms with van der Waals surface area (Å²) in [5.41, 5.74) is 8.04. The molecule has 0 fully saturated rings. The quantitative estimate of drug-likeness (QED) is 0.412. The fourth-order valence-electron chi connectivity index (χ4n) is 2.49. The molecule has 1 amide bonds. The zero-order valence-electron chi connectivity index (χ0n) is 15.6. The maximum Gasteiger partial charge on any atom is 0.410 e. The van der Waals surface area contributed by atoms with Gasteiger partial charge in [-0.05, 0) is 43.8 Å². The minimum absolute atomic E-state index is 0.241. The van der Waals surface area contributed by atoms with Crippen LogP contribution in [0.15, 0.2) is 0 Å². The maximum atomic E-state index is 12.1. The number of nitrogens with zero attached hydrogens (tertiary/aromatic N) is 1. The lowest BCUT2D eigenvalue weighted by atomic mass is 9.94. The van der Waals surface area contributed by atoms with Crippen LogP contribution in [-0.2, 0) is 11.3 Å². The lowest BCUT2D eigenvalue weighted by Gasteiger charge is -2.33.